The van der Waals surface area contributed by atoms with Crippen molar-refractivity contribution in [3.05, 3.63) is 64.4 Å². The number of hydrogen-bond acceptors (Lipinski definition) is 3. The number of para-hydroxylation sites is 1. The summed E-state index contributed by atoms with van der Waals surface area (Å²) in [6, 6.07) is 12.2. The third-order valence-electron chi connectivity index (χ3n) is 3.50. The zero-order valence-electron chi connectivity index (χ0n) is 14.2. The van der Waals surface area contributed by atoms with Gasteiger partial charge < -0.3 is 10.1 Å². The van der Waals surface area contributed by atoms with Crippen LogP contribution in [0.1, 0.15) is 18.1 Å². The summed E-state index contributed by atoms with van der Waals surface area (Å²) >= 11 is 7.08. The maximum atomic E-state index is 13.7. The number of hydrogen-bond donors (Lipinski definition) is 1. The molecule has 1 amide bonds. The maximum Gasteiger partial charge on any atom is 0.230 e. The lowest BCUT2D eigenvalue weighted by atomic mass is 10.2. The number of rotatable bonds is 8. The zero-order chi connectivity index (χ0) is 18.2. The molecule has 1 atom stereocenters. The number of thioether (sulfide) groups is 1. The number of benzene rings is 2. The van der Waals surface area contributed by atoms with E-state index in [4.69, 9.17) is 16.3 Å². The summed E-state index contributed by atoms with van der Waals surface area (Å²) < 4.78 is 19.4. The first kappa shape index (κ1) is 19.6. The predicted molar refractivity (Wildman–Crippen MR) is 102 cm³/mol. The lowest BCUT2D eigenvalue weighted by molar-refractivity contribution is -0.119. The van der Waals surface area contributed by atoms with E-state index in [9.17, 15) is 9.18 Å². The summed E-state index contributed by atoms with van der Waals surface area (Å²) in [7, 11) is 0. The van der Waals surface area contributed by atoms with Crippen molar-refractivity contribution in [2.45, 2.75) is 25.6 Å². The monoisotopic (exact) mass is 381 g/mol. The van der Waals surface area contributed by atoms with Crippen LogP contribution in [0.2, 0.25) is 5.02 Å². The van der Waals surface area contributed by atoms with Gasteiger partial charge in [-0.25, -0.2) is 4.39 Å². The van der Waals surface area contributed by atoms with Crippen LogP contribution in [0, 0.1) is 12.7 Å². The van der Waals surface area contributed by atoms with Gasteiger partial charge >= 0.3 is 0 Å². The largest absolute Gasteiger partial charge is 0.491 e. The summed E-state index contributed by atoms with van der Waals surface area (Å²) in [5.74, 6) is 1.05. The van der Waals surface area contributed by atoms with Crippen molar-refractivity contribution < 1.29 is 13.9 Å². The Kier molecular flexibility index (Phi) is 7.59. The van der Waals surface area contributed by atoms with Crippen LogP contribution in [-0.4, -0.2) is 24.3 Å². The fourth-order valence-corrected chi connectivity index (χ4v) is 3.17. The second-order valence-electron chi connectivity index (χ2n) is 5.77. The summed E-state index contributed by atoms with van der Waals surface area (Å²) in [6.07, 6.45) is 0. The van der Waals surface area contributed by atoms with Gasteiger partial charge in [0.15, 0.2) is 0 Å². The van der Waals surface area contributed by atoms with Crippen LogP contribution in [0.15, 0.2) is 42.5 Å². The molecular weight excluding hydrogens is 361 g/mol. The minimum atomic E-state index is -0.347. The minimum absolute atomic E-state index is 0.0970. The van der Waals surface area contributed by atoms with Crippen LogP contribution >= 0.6 is 23.4 Å². The topological polar surface area (TPSA) is 38.3 Å². The molecule has 0 radical (unpaired) electrons. The van der Waals surface area contributed by atoms with Crippen LogP contribution < -0.4 is 10.1 Å². The highest BCUT2D eigenvalue weighted by Gasteiger charge is 2.10. The van der Waals surface area contributed by atoms with Gasteiger partial charge in [-0.1, -0.05) is 35.9 Å². The standard InChI is InChI=1S/C19H21ClFNO2S/c1-13-5-3-4-6-18(13)24-10-14(2)22-19(23)12-25-11-15-7-8-16(20)9-17(15)21/h3-9,14H,10-12H2,1-2H3,(H,22,23)/t14-/m1/s1. The molecule has 0 aromatic heterocycles. The second-order valence-corrected chi connectivity index (χ2v) is 7.20. The van der Waals surface area contributed by atoms with E-state index in [1.54, 1.807) is 12.1 Å². The van der Waals surface area contributed by atoms with Crippen LogP contribution in [0.25, 0.3) is 0 Å². The molecule has 0 aliphatic rings. The van der Waals surface area contributed by atoms with Crippen LogP contribution in [0.4, 0.5) is 4.39 Å². The number of halogens is 2. The second kappa shape index (κ2) is 9.68. The van der Waals surface area contributed by atoms with Crippen LogP contribution in [0.5, 0.6) is 5.75 Å². The average molecular weight is 382 g/mol. The quantitative estimate of drug-likeness (QED) is 0.726. The van der Waals surface area contributed by atoms with E-state index in [0.29, 0.717) is 22.9 Å². The number of ether oxygens (including phenoxy) is 1. The molecule has 0 aliphatic heterocycles. The molecule has 2 aromatic carbocycles. The Bertz CT molecular complexity index is 726. The lowest BCUT2D eigenvalue weighted by Crippen LogP contribution is -2.37. The lowest BCUT2D eigenvalue weighted by Gasteiger charge is -2.16. The van der Waals surface area contributed by atoms with E-state index in [1.165, 1.54) is 17.8 Å². The van der Waals surface area contributed by atoms with Crippen molar-refractivity contribution in [3.8, 4) is 5.75 Å². The third-order valence-corrected chi connectivity index (χ3v) is 4.71. The molecule has 0 fully saturated rings. The van der Waals surface area contributed by atoms with Gasteiger partial charge in [0.2, 0.25) is 5.91 Å². The highest BCUT2D eigenvalue weighted by atomic mass is 35.5. The highest BCUT2D eigenvalue weighted by molar-refractivity contribution is 7.99. The van der Waals surface area contributed by atoms with Gasteiger partial charge in [-0.3, -0.25) is 4.79 Å². The summed E-state index contributed by atoms with van der Waals surface area (Å²) in [5, 5.41) is 3.25. The SMILES string of the molecule is Cc1ccccc1OC[C@@H](C)NC(=O)CSCc1ccc(Cl)cc1F. The van der Waals surface area contributed by atoms with E-state index in [-0.39, 0.29) is 23.5 Å². The molecule has 25 heavy (non-hydrogen) atoms. The molecule has 0 aliphatic carbocycles. The minimum Gasteiger partial charge on any atom is -0.491 e. The maximum absolute atomic E-state index is 13.7. The molecule has 2 aromatic rings. The first-order valence-electron chi connectivity index (χ1n) is 7.95. The molecule has 1 N–H and O–H groups in total. The number of carbonyl (C=O) groups is 1. The summed E-state index contributed by atoms with van der Waals surface area (Å²) in [5.41, 5.74) is 1.60. The van der Waals surface area contributed by atoms with Crippen molar-refractivity contribution in [1.82, 2.24) is 5.32 Å². The number of aryl methyl sites for hydroxylation is 1. The molecular formula is C19H21ClFNO2S. The van der Waals surface area contributed by atoms with E-state index >= 15 is 0 Å². The Morgan fingerprint density at radius 1 is 1.32 bits per heavy atom. The molecule has 2 rings (SSSR count). The first-order valence-corrected chi connectivity index (χ1v) is 9.48. The van der Waals surface area contributed by atoms with Crippen molar-refractivity contribution in [2.75, 3.05) is 12.4 Å². The molecule has 0 saturated heterocycles. The zero-order valence-corrected chi connectivity index (χ0v) is 15.8. The molecule has 6 heteroatoms. The average Bonchev–Trinajstić information content (AvgIpc) is 2.56. The van der Waals surface area contributed by atoms with Gasteiger partial charge in [0, 0.05) is 10.8 Å². The van der Waals surface area contributed by atoms with Crippen molar-refractivity contribution in [3.63, 3.8) is 0 Å². The third kappa shape index (κ3) is 6.59. The molecule has 0 unspecified atom stereocenters. The van der Waals surface area contributed by atoms with Gasteiger partial charge in [-0.15, -0.1) is 11.8 Å². The molecule has 0 spiro atoms. The fraction of sp³-hybridized carbons (Fsp3) is 0.316. The van der Waals surface area contributed by atoms with Gasteiger partial charge in [0.25, 0.3) is 0 Å². The summed E-state index contributed by atoms with van der Waals surface area (Å²) in [4.78, 5) is 12.0. The smallest absolute Gasteiger partial charge is 0.230 e. The Hall–Kier alpha value is -1.72. The van der Waals surface area contributed by atoms with E-state index in [2.05, 4.69) is 5.32 Å². The van der Waals surface area contributed by atoms with E-state index in [1.807, 2.05) is 38.1 Å². The molecule has 134 valence electrons. The normalized spacial score (nSPS) is 11.8. The Labute approximate surface area is 156 Å². The predicted octanol–water partition coefficient (Wildman–Crippen LogP) is 4.60. The van der Waals surface area contributed by atoms with Gasteiger partial charge in [0.1, 0.15) is 18.2 Å². The molecule has 0 heterocycles. The summed E-state index contributed by atoms with van der Waals surface area (Å²) in [6.45, 7) is 4.26. The van der Waals surface area contributed by atoms with Crippen LogP contribution in [0.3, 0.4) is 0 Å². The van der Waals surface area contributed by atoms with Crippen molar-refractivity contribution >= 4 is 29.3 Å². The number of amides is 1. The fourth-order valence-electron chi connectivity index (χ4n) is 2.18. The highest BCUT2D eigenvalue weighted by Crippen LogP contribution is 2.19. The van der Waals surface area contributed by atoms with E-state index < -0.39 is 0 Å². The van der Waals surface area contributed by atoms with Gasteiger partial charge in [-0.05, 0) is 43.2 Å². The van der Waals surface area contributed by atoms with Crippen LogP contribution in [-0.2, 0) is 10.5 Å². The Morgan fingerprint density at radius 3 is 2.80 bits per heavy atom. The molecule has 0 bridgehead atoms. The number of carbonyl (C=O) groups excluding carboxylic acids is 1. The first-order chi connectivity index (χ1) is 12.0. The Balaban J connectivity index is 1.70. The molecule has 3 nitrogen and oxygen atoms in total. The van der Waals surface area contributed by atoms with Gasteiger partial charge in [0.05, 0.1) is 11.8 Å². The van der Waals surface area contributed by atoms with Crippen molar-refractivity contribution in [1.29, 1.82) is 0 Å². The van der Waals surface area contributed by atoms with Crippen molar-refractivity contribution in [2.24, 2.45) is 0 Å². The Morgan fingerprint density at radius 2 is 2.08 bits per heavy atom. The number of nitrogens with one attached hydrogen (secondary N) is 1. The van der Waals surface area contributed by atoms with E-state index in [0.717, 1.165) is 11.3 Å². The molecule has 0 saturated carbocycles. The van der Waals surface area contributed by atoms with Gasteiger partial charge in [-0.2, -0.15) is 0 Å².